The zero-order chi connectivity index (χ0) is 15.5. The average Bonchev–Trinajstić information content (AvgIpc) is 2.44. The van der Waals surface area contributed by atoms with Crippen LogP contribution in [0.5, 0.6) is 0 Å². The monoisotopic (exact) mass is 314 g/mol. The summed E-state index contributed by atoms with van der Waals surface area (Å²) in [6.07, 6.45) is -3.86. The van der Waals surface area contributed by atoms with Gasteiger partial charge < -0.3 is 0 Å². The Morgan fingerprint density at radius 2 is 1.76 bits per heavy atom. The summed E-state index contributed by atoms with van der Waals surface area (Å²) in [4.78, 5) is 0. The summed E-state index contributed by atoms with van der Waals surface area (Å²) in [6.45, 7) is 0. The summed E-state index contributed by atoms with van der Waals surface area (Å²) in [6, 6.07) is 12.0. The highest BCUT2D eigenvalue weighted by molar-refractivity contribution is 6.30. The Morgan fingerprint density at radius 3 is 2.29 bits per heavy atom. The number of hydrogen-bond donors (Lipinski definition) is 2. The predicted octanol–water partition coefficient (Wildman–Crippen LogP) is 4.11. The first-order chi connectivity index (χ1) is 9.90. The molecule has 2 aromatic rings. The van der Waals surface area contributed by atoms with Gasteiger partial charge in [-0.25, -0.2) is 0 Å². The van der Waals surface area contributed by atoms with Gasteiger partial charge in [-0.1, -0.05) is 35.9 Å². The summed E-state index contributed by atoms with van der Waals surface area (Å²) in [5, 5.41) is 0.583. The number of halogens is 4. The molecule has 2 rings (SSSR count). The number of nitrogens with two attached hydrogens (primary N) is 1. The van der Waals surface area contributed by atoms with Crippen LogP contribution in [0.1, 0.15) is 22.7 Å². The van der Waals surface area contributed by atoms with Crippen molar-refractivity contribution in [3.8, 4) is 0 Å². The second kappa shape index (κ2) is 6.47. The Bertz CT molecular complexity index is 597. The molecule has 2 nitrogen and oxygen atoms in total. The maximum absolute atomic E-state index is 12.5. The van der Waals surface area contributed by atoms with Gasteiger partial charge in [0.15, 0.2) is 0 Å². The molecule has 0 radical (unpaired) electrons. The van der Waals surface area contributed by atoms with E-state index in [1.807, 2.05) is 6.07 Å². The molecule has 0 aromatic heterocycles. The van der Waals surface area contributed by atoms with Crippen molar-refractivity contribution < 1.29 is 13.2 Å². The fourth-order valence-corrected chi connectivity index (χ4v) is 2.26. The van der Waals surface area contributed by atoms with Gasteiger partial charge in [-0.3, -0.25) is 11.3 Å². The van der Waals surface area contributed by atoms with Gasteiger partial charge in [0, 0.05) is 5.02 Å². The summed E-state index contributed by atoms with van der Waals surface area (Å²) in [5.41, 5.74) is 3.63. The molecule has 0 saturated carbocycles. The number of hydrogen-bond acceptors (Lipinski definition) is 2. The Balaban J connectivity index is 2.15. The first-order valence-corrected chi connectivity index (χ1v) is 6.65. The number of nitrogens with one attached hydrogen (secondary N) is 1. The van der Waals surface area contributed by atoms with Gasteiger partial charge in [0.2, 0.25) is 0 Å². The zero-order valence-corrected chi connectivity index (χ0v) is 11.7. The minimum atomic E-state index is -4.32. The molecule has 0 fully saturated rings. The molecule has 0 amide bonds. The molecule has 112 valence electrons. The van der Waals surface area contributed by atoms with E-state index in [2.05, 4.69) is 5.43 Å². The summed E-state index contributed by atoms with van der Waals surface area (Å²) < 4.78 is 37.5. The summed E-state index contributed by atoms with van der Waals surface area (Å²) >= 11 is 5.93. The number of hydrazine groups is 1. The smallest absolute Gasteiger partial charge is 0.271 e. The van der Waals surface area contributed by atoms with Crippen LogP contribution in [0.25, 0.3) is 0 Å². The zero-order valence-electron chi connectivity index (χ0n) is 11.0. The lowest BCUT2D eigenvalue weighted by Crippen LogP contribution is -2.29. The maximum atomic E-state index is 12.5. The third kappa shape index (κ3) is 4.20. The van der Waals surface area contributed by atoms with Gasteiger partial charge in [0.25, 0.3) is 0 Å². The molecule has 3 N–H and O–H groups in total. The maximum Gasteiger partial charge on any atom is 0.416 e. The molecule has 2 aromatic carbocycles. The molecule has 0 saturated heterocycles. The summed E-state index contributed by atoms with van der Waals surface area (Å²) in [7, 11) is 0. The molecule has 0 bridgehead atoms. The van der Waals surface area contributed by atoms with E-state index in [1.54, 1.807) is 18.2 Å². The molecule has 0 aliphatic rings. The van der Waals surface area contributed by atoms with Crippen molar-refractivity contribution in [2.75, 3.05) is 0 Å². The number of alkyl halides is 3. The van der Waals surface area contributed by atoms with E-state index in [0.717, 1.165) is 23.3 Å². The van der Waals surface area contributed by atoms with Gasteiger partial charge in [-0.05, 0) is 41.8 Å². The summed E-state index contributed by atoms with van der Waals surface area (Å²) in [5.74, 6) is 5.53. The van der Waals surface area contributed by atoms with Gasteiger partial charge in [-0.15, -0.1) is 0 Å². The highest BCUT2D eigenvalue weighted by Gasteiger charge is 2.30. The van der Waals surface area contributed by atoms with E-state index >= 15 is 0 Å². The molecule has 0 spiro atoms. The van der Waals surface area contributed by atoms with Crippen LogP contribution < -0.4 is 11.3 Å². The van der Waals surface area contributed by atoms with E-state index < -0.39 is 11.7 Å². The van der Waals surface area contributed by atoms with Crippen LogP contribution in [-0.4, -0.2) is 0 Å². The predicted molar refractivity (Wildman–Crippen MR) is 76.7 cm³/mol. The molecular formula is C15H14ClF3N2. The van der Waals surface area contributed by atoms with E-state index in [9.17, 15) is 13.2 Å². The van der Waals surface area contributed by atoms with Crippen molar-refractivity contribution in [2.24, 2.45) is 5.84 Å². The SMILES string of the molecule is NNC(Cc1ccc(C(F)(F)F)cc1)c1cccc(Cl)c1. The quantitative estimate of drug-likeness (QED) is 0.658. The first-order valence-electron chi connectivity index (χ1n) is 6.28. The van der Waals surface area contributed by atoms with Gasteiger partial charge >= 0.3 is 6.18 Å². The van der Waals surface area contributed by atoms with Crippen LogP contribution >= 0.6 is 11.6 Å². The lowest BCUT2D eigenvalue weighted by atomic mass is 9.98. The van der Waals surface area contributed by atoms with Gasteiger partial charge in [-0.2, -0.15) is 13.2 Å². The van der Waals surface area contributed by atoms with Crippen molar-refractivity contribution in [2.45, 2.75) is 18.6 Å². The highest BCUT2D eigenvalue weighted by Crippen LogP contribution is 2.29. The third-order valence-electron chi connectivity index (χ3n) is 3.17. The number of benzene rings is 2. The normalized spacial score (nSPS) is 13.2. The van der Waals surface area contributed by atoms with E-state index in [0.29, 0.717) is 11.4 Å². The van der Waals surface area contributed by atoms with Crippen molar-refractivity contribution in [1.29, 1.82) is 0 Å². The fraction of sp³-hybridized carbons (Fsp3) is 0.200. The van der Waals surface area contributed by atoms with Crippen LogP contribution in [0, 0.1) is 0 Å². The molecule has 1 unspecified atom stereocenters. The lowest BCUT2D eigenvalue weighted by molar-refractivity contribution is -0.137. The van der Waals surface area contributed by atoms with E-state index in [1.165, 1.54) is 12.1 Å². The van der Waals surface area contributed by atoms with Gasteiger partial charge in [0.1, 0.15) is 0 Å². The molecule has 0 heterocycles. The van der Waals surface area contributed by atoms with Crippen LogP contribution in [0.3, 0.4) is 0 Å². The topological polar surface area (TPSA) is 38.0 Å². The van der Waals surface area contributed by atoms with Crippen molar-refractivity contribution in [3.63, 3.8) is 0 Å². The Labute approximate surface area is 125 Å². The van der Waals surface area contributed by atoms with Crippen LogP contribution in [0.2, 0.25) is 5.02 Å². The lowest BCUT2D eigenvalue weighted by Gasteiger charge is -2.17. The Morgan fingerprint density at radius 1 is 1.10 bits per heavy atom. The van der Waals surface area contributed by atoms with Crippen LogP contribution in [0.4, 0.5) is 13.2 Å². The molecule has 1 atom stereocenters. The molecule has 0 aliphatic carbocycles. The van der Waals surface area contributed by atoms with Crippen molar-refractivity contribution in [3.05, 3.63) is 70.2 Å². The molecular weight excluding hydrogens is 301 g/mol. The fourth-order valence-electron chi connectivity index (χ4n) is 2.06. The molecule has 0 aliphatic heterocycles. The highest BCUT2D eigenvalue weighted by atomic mass is 35.5. The molecule has 6 heteroatoms. The first kappa shape index (κ1) is 15.8. The minimum Gasteiger partial charge on any atom is -0.271 e. The van der Waals surface area contributed by atoms with E-state index in [4.69, 9.17) is 17.4 Å². The molecule has 21 heavy (non-hydrogen) atoms. The minimum absolute atomic E-state index is 0.222. The Kier molecular flexibility index (Phi) is 4.88. The largest absolute Gasteiger partial charge is 0.416 e. The standard InChI is InChI=1S/C15H14ClF3N2/c16-13-3-1-2-11(9-13)14(21-20)8-10-4-6-12(7-5-10)15(17,18)19/h1-7,9,14,21H,8,20H2. The van der Waals surface area contributed by atoms with Crippen LogP contribution in [0.15, 0.2) is 48.5 Å². The Hall–Kier alpha value is -1.56. The average molecular weight is 315 g/mol. The second-order valence-electron chi connectivity index (χ2n) is 4.67. The second-order valence-corrected chi connectivity index (χ2v) is 5.11. The van der Waals surface area contributed by atoms with Crippen LogP contribution in [-0.2, 0) is 12.6 Å². The number of rotatable bonds is 4. The van der Waals surface area contributed by atoms with Crippen molar-refractivity contribution >= 4 is 11.6 Å². The van der Waals surface area contributed by atoms with E-state index in [-0.39, 0.29) is 6.04 Å². The van der Waals surface area contributed by atoms with Gasteiger partial charge in [0.05, 0.1) is 11.6 Å². The third-order valence-corrected chi connectivity index (χ3v) is 3.41. The van der Waals surface area contributed by atoms with Crippen molar-refractivity contribution in [1.82, 2.24) is 5.43 Å².